The van der Waals surface area contributed by atoms with Crippen LogP contribution in [0.1, 0.15) is 32.3 Å². The van der Waals surface area contributed by atoms with Crippen molar-refractivity contribution in [2.75, 3.05) is 18.5 Å². The predicted molar refractivity (Wildman–Crippen MR) is 126 cm³/mol. The summed E-state index contributed by atoms with van der Waals surface area (Å²) in [6.07, 6.45) is 3.07. The highest BCUT2D eigenvalue weighted by Crippen LogP contribution is 2.28. The number of thiazole rings is 1. The van der Waals surface area contributed by atoms with Gasteiger partial charge in [-0.15, -0.1) is 11.3 Å². The van der Waals surface area contributed by atoms with Crippen molar-refractivity contribution in [3.8, 4) is 22.8 Å². The second kappa shape index (κ2) is 11.1. The lowest BCUT2D eigenvalue weighted by Crippen LogP contribution is -2.20. The Balaban J connectivity index is 1.53. The molecule has 1 amide bonds. The number of ether oxygens (including phenoxy) is 2. The summed E-state index contributed by atoms with van der Waals surface area (Å²) in [6.45, 7) is 4.84. The maximum atomic E-state index is 12.3. The Morgan fingerprint density at radius 1 is 1.10 bits per heavy atom. The van der Waals surface area contributed by atoms with E-state index >= 15 is 0 Å². The molecule has 0 bridgehead atoms. The van der Waals surface area contributed by atoms with Crippen molar-refractivity contribution in [1.29, 1.82) is 0 Å². The lowest BCUT2D eigenvalue weighted by Gasteiger charge is -2.09. The van der Waals surface area contributed by atoms with Gasteiger partial charge in [-0.3, -0.25) is 10.1 Å². The number of aromatic nitrogens is 1. The highest BCUT2D eigenvalue weighted by atomic mass is 79.9. The summed E-state index contributed by atoms with van der Waals surface area (Å²) in [5, 5.41) is 5.26. The number of amides is 1. The molecule has 5 nitrogen and oxygen atoms in total. The van der Waals surface area contributed by atoms with Gasteiger partial charge in [-0.2, -0.15) is 0 Å². The highest BCUT2D eigenvalue weighted by molar-refractivity contribution is 9.10. The molecule has 0 radical (unpaired) electrons. The van der Waals surface area contributed by atoms with Crippen molar-refractivity contribution >= 4 is 38.3 Å². The van der Waals surface area contributed by atoms with Crippen LogP contribution in [0.15, 0.2) is 52.3 Å². The van der Waals surface area contributed by atoms with Crippen molar-refractivity contribution in [1.82, 2.24) is 4.98 Å². The molecule has 158 valence electrons. The number of halogens is 1. The third-order valence-electron chi connectivity index (χ3n) is 4.27. The minimum Gasteiger partial charge on any atom is -0.494 e. The number of hydrogen-bond donors (Lipinski definition) is 1. The Kier molecular flexibility index (Phi) is 8.28. The second-order valence-corrected chi connectivity index (χ2v) is 8.47. The second-order valence-electron chi connectivity index (χ2n) is 6.76. The van der Waals surface area contributed by atoms with E-state index in [1.807, 2.05) is 47.8 Å². The van der Waals surface area contributed by atoms with E-state index in [1.54, 1.807) is 0 Å². The molecule has 0 saturated carbocycles. The molecule has 3 aromatic rings. The normalized spacial score (nSPS) is 10.6. The van der Waals surface area contributed by atoms with E-state index in [-0.39, 0.29) is 12.5 Å². The number of aryl methyl sites for hydroxylation is 1. The fourth-order valence-electron chi connectivity index (χ4n) is 2.81. The van der Waals surface area contributed by atoms with Gasteiger partial charge in [0.15, 0.2) is 11.7 Å². The number of anilines is 1. The van der Waals surface area contributed by atoms with Gasteiger partial charge in [0.05, 0.1) is 16.8 Å². The summed E-state index contributed by atoms with van der Waals surface area (Å²) in [5.41, 5.74) is 3.02. The fourth-order valence-corrected chi connectivity index (χ4v) is 4.09. The van der Waals surface area contributed by atoms with Gasteiger partial charge >= 0.3 is 0 Å². The van der Waals surface area contributed by atoms with Crippen LogP contribution in [0.5, 0.6) is 11.5 Å². The van der Waals surface area contributed by atoms with Crippen LogP contribution in [-0.4, -0.2) is 24.1 Å². The maximum Gasteiger partial charge on any atom is 0.264 e. The van der Waals surface area contributed by atoms with Gasteiger partial charge in [-0.25, -0.2) is 4.98 Å². The fraction of sp³-hybridized carbons (Fsp3) is 0.304. The quantitative estimate of drug-likeness (QED) is 0.362. The topological polar surface area (TPSA) is 60.5 Å². The molecular formula is C23H25BrN2O3S. The summed E-state index contributed by atoms with van der Waals surface area (Å²) in [4.78, 5) is 16.8. The Hall–Kier alpha value is -2.38. The molecule has 7 heteroatoms. The number of carbonyl (C=O) groups is 1. The van der Waals surface area contributed by atoms with E-state index in [4.69, 9.17) is 9.47 Å². The molecule has 3 rings (SSSR count). The van der Waals surface area contributed by atoms with Crippen LogP contribution < -0.4 is 14.8 Å². The highest BCUT2D eigenvalue weighted by Gasteiger charge is 2.10. The van der Waals surface area contributed by atoms with Crippen LogP contribution in [0.4, 0.5) is 5.13 Å². The summed E-state index contributed by atoms with van der Waals surface area (Å²) in [5.74, 6) is 1.24. The van der Waals surface area contributed by atoms with Gasteiger partial charge in [-0.1, -0.05) is 26.3 Å². The number of hydrogen-bond acceptors (Lipinski definition) is 5. The lowest BCUT2D eigenvalue weighted by molar-refractivity contribution is -0.118. The lowest BCUT2D eigenvalue weighted by atomic mass is 10.1. The van der Waals surface area contributed by atoms with Gasteiger partial charge in [0.1, 0.15) is 11.5 Å². The van der Waals surface area contributed by atoms with Crippen LogP contribution in [-0.2, 0) is 11.2 Å². The molecule has 1 heterocycles. The first-order chi connectivity index (χ1) is 14.6. The zero-order valence-corrected chi connectivity index (χ0v) is 19.5. The predicted octanol–water partition coefficient (Wildman–Crippen LogP) is 6.33. The van der Waals surface area contributed by atoms with Crippen molar-refractivity contribution in [3.63, 3.8) is 0 Å². The average molecular weight is 489 g/mol. The van der Waals surface area contributed by atoms with Crippen molar-refractivity contribution < 1.29 is 14.3 Å². The molecule has 0 spiro atoms. The van der Waals surface area contributed by atoms with Gasteiger partial charge in [0.25, 0.3) is 5.91 Å². The van der Waals surface area contributed by atoms with Gasteiger partial charge in [0.2, 0.25) is 0 Å². The van der Waals surface area contributed by atoms with Crippen LogP contribution >= 0.6 is 27.3 Å². The van der Waals surface area contributed by atoms with Crippen molar-refractivity contribution in [2.45, 2.75) is 33.1 Å². The Bertz CT molecular complexity index is 973. The van der Waals surface area contributed by atoms with Gasteiger partial charge in [0, 0.05) is 10.9 Å². The Morgan fingerprint density at radius 2 is 1.90 bits per heavy atom. The average Bonchev–Trinajstić information content (AvgIpc) is 3.20. The first kappa shape index (κ1) is 22.3. The minimum absolute atomic E-state index is 0.0793. The van der Waals surface area contributed by atoms with E-state index in [1.165, 1.54) is 16.9 Å². The zero-order valence-electron chi connectivity index (χ0n) is 17.1. The molecule has 30 heavy (non-hydrogen) atoms. The number of rotatable bonds is 10. The summed E-state index contributed by atoms with van der Waals surface area (Å²) in [7, 11) is 0. The van der Waals surface area contributed by atoms with Crippen molar-refractivity contribution in [3.05, 3.63) is 57.9 Å². The van der Waals surface area contributed by atoms with E-state index in [0.29, 0.717) is 17.5 Å². The molecule has 0 atom stereocenters. The van der Waals surface area contributed by atoms with Crippen LogP contribution in [0.3, 0.4) is 0 Å². The van der Waals surface area contributed by atoms with Gasteiger partial charge in [-0.05, 0) is 70.7 Å². The SMILES string of the molecule is CCCOc1ccc(-c2csc(NC(=O)COc3ccc(CCC)cc3Br)n2)cc1. The number of nitrogens with zero attached hydrogens (tertiary/aromatic N) is 1. The molecule has 0 unspecified atom stereocenters. The molecule has 1 N–H and O–H groups in total. The molecule has 0 aliphatic carbocycles. The molecule has 0 fully saturated rings. The number of benzene rings is 2. The third kappa shape index (κ3) is 6.31. The Morgan fingerprint density at radius 3 is 2.60 bits per heavy atom. The number of carbonyl (C=O) groups excluding carboxylic acids is 1. The molecule has 0 saturated heterocycles. The largest absolute Gasteiger partial charge is 0.494 e. The first-order valence-corrected chi connectivity index (χ1v) is 11.7. The van der Waals surface area contributed by atoms with E-state index < -0.39 is 0 Å². The summed E-state index contributed by atoms with van der Waals surface area (Å²) in [6, 6.07) is 13.7. The number of nitrogens with one attached hydrogen (secondary N) is 1. The van der Waals surface area contributed by atoms with E-state index in [2.05, 4.69) is 40.1 Å². The minimum atomic E-state index is -0.247. The molecular weight excluding hydrogens is 464 g/mol. The molecule has 2 aromatic carbocycles. The summed E-state index contributed by atoms with van der Waals surface area (Å²) >= 11 is 4.89. The van der Waals surface area contributed by atoms with E-state index in [0.717, 1.165) is 40.7 Å². The molecule has 0 aliphatic rings. The summed E-state index contributed by atoms with van der Waals surface area (Å²) < 4.78 is 12.1. The molecule has 1 aromatic heterocycles. The van der Waals surface area contributed by atoms with Crippen LogP contribution in [0, 0.1) is 0 Å². The first-order valence-electron chi connectivity index (χ1n) is 9.99. The Labute approximate surface area is 189 Å². The van der Waals surface area contributed by atoms with Gasteiger partial charge < -0.3 is 9.47 Å². The standard InChI is InChI=1S/C23H25BrN2O3S/c1-3-5-16-6-11-21(19(24)13-16)29-14-22(27)26-23-25-20(15-30-23)17-7-9-18(10-8-17)28-12-4-2/h6-11,13,15H,3-5,12,14H2,1-2H3,(H,25,26,27). The molecule has 0 aliphatic heterocycles. The van der Waals surface area contributed by atoms with E-state index in [9.17, 15) is 4.79 Å². The van der Waals surface area contributed by atoms with Crippen LogP contribution in [0.2, 0.25) is 0 Å². The monoisotopic (exact) mass is 488 g/mol. The maximum absolute atomic E-state index is 12.3. The zero-order chi connectivity index (χ0) is 21.3. The smallest absolute Gasteiger partial charge is 0.264 e. The third-order valence-corrected chi connectivity index (χ3v) is 5.64. The van der Waals surface area contributed by atoms with Crippen LogP contribution in [0.25, 0.3) is 11.3 Å². The van der Waals surface area contributed by atoms with Crippen molar-refractivity contribution in [2.24, 2.45) is 0 Å².